The molecular formula is C13H21FN2O. The summed E-state index contributed by atoms with van der Waals surface area (Å²) < 4.78 is 13.1. The van der Waals surface area contributed by atoms with Gasteiger partial charge in [-0.2, -0.15) is 0 Å². The molecule has 96 valence electrons. The van der Waals surface area contributed by atoms with Crippen LogP contribution in [0.4, 0.5) is 4.39 Å². The van der Waals surface area contributed by atoms with Crippen LogP contribution in [-0.2, 0) is 0 Å². The standard InChI is InChI=1S/C13H21FN2O/c1-9(6-10(2)17)16-13(8-15)11-4-3-5-12(14)7-11/h3-5,7,9-10,13,16-17H,6,8,15H2,1-2H3. The zero-order chi connectivity index (χ0) is 12.8. The quantitative estimate of drug-likeness (QED) is 0.707. The minimum atomic E-state index is -0.358. The molecule has 3 unspecified atom stereocenters. The van der Waals surface area contributed by atoms with E-state index in [0.29, 0.717) is 13.0 Å². The summed E-state index contributed by atoms with van der Waals surface area (Å²) in [5.74, 6) is -0.258. The maximum absolute atomic E-state index is 13.1. The molecule has 1 aromatic carbocycles. The molecule has 0 radical (unpaired) electrons. The highest BCUT2D eigenvalue weighted by atomic mass is 19.1. The van der Waals surface area contributed by atoms with E-state index < -0.39 is 0 Å². The molecule has 0 saturated carbocycles. The van der Waals surface area contributed by atoms with Crippen molar-refractivity contribution in [2.75, 3.05) is 6.54 Å². The molecule has 1 rings (SSSR count). The summed E-state index contributed by atoms with van der Waals surface area (Å²) >= 11 is 0. The van der Waals surface area contributed by atoms with Crippen LogP contribution >= 0.6 is 0 Å². The lowest BCUT2D eigenvalue weighted by atomic mass is 10.0. The van der Waals surface area contributed by atoms with Crippen molar-refractivity contribution in [1.29, 1.82) is 0 Å². The van der Waals surface area contributed by atoms with Crippen LogP contribution in [0.1, 0.15) is 31.9 Å². The second kappa shape index (κ2) is 6.69. The van der Waals surface area contributed by atoms with E-state index in [1.54, 1.807) is 13.0 Å². The SMILES string of the molecule is CC(O)CC(C)NC(CN)c1cccc(F)c1. The smallest absolute Gasteiger partial charge is 0.123 e. The van der Waals surface area contributed by atoms with Gasteiger partial charge < -0.3 is 16.2 Å². The fraction of sp³-hybridized carbons (Fsp3) is 0.538. The van der Waals surface area contributed by atoms with E-state index in [4.69, 9.17) is 5.73 Å². The lowest BCUT2D eigenvalue weighted by Gasteiger charge is -2.23. The van der Waals surface area contributed by atoms with Crippen molar-refractivity contribution in [3.8, 4) is 0 Å². The molecule has 3 atom stereocenters. The van der Waals surface area contributed by atoms with E-state index in [1.807, 2.05) is 13.0 Å². The zero-order valence-corrected chi connectivity index (χ0v) is 10.4. The van der Waals surface area contributed by atoms with Gasteiger partial charge in [-0.3, -0.25) is 0 Å². The average molecular weight is 240 g/mol. The summed E-state index contributed by atoms with van der Waals surface area (Å²) in [6, 6.07) is 6.47. The summed E-state index contributed by atoms with van der Waals surface area (Å²) in [6.45, 7) is 4.13. The summed E-state index contributed by atoms with van der Waals surface area (Å²) in [6.07, 6.45) is 0.287. The lowest BCUT2D eigenvalue weighted by molar-refractivity contribution is 0.168. The predicted molar refractivity (Wildman–Crippen MR) is 67.1 cm³/mol. The minimum absolute atomic E-state index is 0.0838. The Labute approximate surface area is 102 Å². The van der Waals surface area contributed by atoms with Crippen LogP contribution in [0.3, 0.4) is 0 Å². The van der Waals surface area contributed by atoms with Gasteiger partial charge in [-0.25, -0.2) is 4.39 Å². The largest absolute Gasteiger partial charge is 0.393 e. The van der Waals surface area contributed by atoms with E-state index in [1.165, 1.54) is 12.1 Å². The van der Waals surface area contributed by atoms with Gasteiger partial charge >= 0.3 is 0 Å². The number of hydrogen-bond donors (Lipinski definition) is 3. The topological polar surface area (TPSA) is 58.3 Å². The Morgan fingerprint density at radius 2 is 2.12 bits per heavy atom. The van der Waals surface area contributed by atoms with Gasteiger partial charge in [0.1, 0.15) is 5.82 Å². The zero-order valence-electron chi connectivity index (χ0n) is 10.4. The van der Waals surface area contributed by atoms with Crippen LogP contribution in [-0.4, -0.2) is 23.8 Å². The molecule has 3 nitrogen and oxygen atoms in total. The van der Waals surface area contributed by atoms with E-state index in [0.717, 1.165) is 5.56 Å². The van der Waals surface area contributed by atoms with Crippen molar-refractivity contribution in [2.45, 2.75) is 38.5 Å². The molecule has 0 aliphatic carbocycles. The first-order valence-corrected chi connectivity index (χ1v) is 5.92. The third-order valence-electron chi connectivity index (χ3n) is 2.67. The molecule has 4 heteroatoms. The van der Waals surface area contributed by atoms with Gasteiger partial charge in [-0.05, 0) is 38.0 Å². The van der Waals surface area contributed by atoms with E-state index in [2.05, 4.69) is 5.32 Å². The van der Waals surface area contributed by atoms with Crippen molar-refractivity contribution in [3.05, 3.63) is 35.6 Å². The molecular weight excluding hydrogens is 219 g/mol. The number of nitrogens with one attached hydrogen (secondary N) is 1. The Kier molecular flexibility index (Phi) is 5.55. The second-order valence-electron chi connectivity index (χ2n) is 4.50. The monoisotopic (exact) mass is 240 g/mol. The number of nitrogens with two attached hydrogens (primary N) is 1. The Bertz CT molecular complexity index is 344. The van der Waals surface area contributed by atoms with Crippen molar-refractivity contribution in [3.63, 3.8) is 0 Å². The molecule has 0 heterocycles. The normalized spacial score (nSPS) is 16.5. The molecule has 0 spiro atoms. The number of aliphatic hydroxyl groups excluding tert-OH is 1. The molecule has 0 fully saturated rings. The third kappa shape index (κ3) is 4.81. The summed E-state index contributed by atoms with van der Waals surface area (Å²) in [5.41, 5.74) is 6.52. The molecule has 0 aromatic heterocycles. The van der Waals surface area contributed by atoms with Crippen molar-refractivity contribution in [1.82, 2.24) is 5.32 Å². The van der Waals surface area contributed by atoms with Gasteiger partial charge in [0.25, 0.3) is 0 Å². The third-order valence-corrected chi connectivity index (χ3v) is 2.67. The first-order valence-electron chi connectivity index (χ1n) is 5.92. The molecule has 0 saturated heterocycles. The van der Waals surface area contributed by atoms with Crippen LogP contribution in [0.5, 0.6) is 0 Å². The average Bonchev–Trinajstić information content (AvgIpc) is 2.24. The van der Waals surface area contributed by atoms with Gasteiger partial charge in [-0.1, -0.05) is 12.1 Å². The van der Waals surface area contributed by atoms with Gasteiger partial charge in [0.15, 0.2) is 0 Å². The Hall–Kier alpha value is -0.970. The van der Waals surface area contributed by atoms with Crippen molar-refractivity contribution < 1.29 is 9.50 Å². The Morgan fingerprint density at radius 3 is 2.65 bits per heavy atom. The number of benzene rings is 1. The minimum Gasteiger partial charge on any atom is -0.393 e. The predicted octanol–water partition coefficient (Wildman–Crippen LogP) is 1.57. The fourth-order valence-corrected chi connectivity index (χ4v) is 1.95. The molecule has 0 aliphatic heterocycles. The van der Waals surface area contributed by atoms with Crippen molar-refractivity contribution >= 4 is 0 Å². The Morgan fingerprint density at radius 1 is 1.41 bits per heavy atom. The summed E-state index contributed by atoms with van der Waals surface area (Å²) in [4.78, 5) is 0. The van der Waals surface area contributed by atoms with Gasteiger partial charge in [-0.15, -0.1) is 0 Å². The van der Waals surface area contributed by atoms with E-state index in [-0.39, 0.29) is 24.0 Å². The highest BCUT2D eigenvalue weighted by Crippen LogP contribution is 2.14. The molecule has 0 bridgehead atoms. The Balaban J connectivity index is 2.65. The van der Waals surface area contributed by atoms with Crippen LogP contribution < -0.4 is 11.1 Å². The second-order valence-corrected chi connectivity index (χ2v) is 4.50. The van der Waals surface area contributed by atoms with Gasteiger partial charge in [0.05, 0.1) is 6.10 Å². The first kappa shape index (κ1) is 14.1. The van der Waals surface area contributed by atoms with Crippen LogP contribution in [0.2, 0.25) is 0 Å². The highest BCUT2D eigenvalue weighted by Gasteiger charge is 2.14. The van der Waals surface area contributed by atoms with E-state index >= 15 is 0 Å². The van der Waals surface area contributed by atoms with Gasteiger partial charge in [0, 0.05) is 18.6 Å². The maximum Gasteiger partial charge on any atom is 0.123 e. The van der Waals surface area contributed by atoms with E-state index in [9.17, 15) is 9.50 Å². The molecule has 1 aromatic rings. The molecule has 0 amide bonds. The summed E-state index contributed by atoms with van der Waals surface area (Å²) in [7, 11) is 0. The number of halogens is 1. The summed E-state index contributed by atoms with van der Waals surface area (Å²) in [5, 5.41) is 12.6. The molecule has 4 N–H and O–H groups in total. The van der Waals surface area contributed by atoms with Gasteiger partial charge in [0.2, 0.25) is 0 Å². The van der Waals surface area contributed by atoms with Crippen LogP contribution in [0, 0.1) is 5.82 Å². The van der Waals surface area contributed by atoms with Crippen LogP contribution in [0.15, 0.2) is 24.3 Å². The number of aliphatic hydroxyl groups is 1. The molecule has 17 heavy (non-hydrogen) atoms. The van der Waals surface area contributed by atoms with Crippen molar-refractivity contribution in [2.24, 2.45) is 5.73 Å². The first-order chi connectivity index (χ1) is 8.02. The maximum atomic E-state index is 13.1. The van der Waals surface area contributed by atoms with Crippen LogP contribution in [0.25, 0.3) is 0 Å². The lowest BCUT2D eigenvalue weighted by Crippen LogP contribution is -2.36. The highest BCUT2D eigenvalue weighted by molar-refractivity contribution is 5.20. The number of rotatable bonds is 6. The molecule has 0 aliphatic rings. The fourth-order valence-electron chi connectivity index (χ4n) is 1.95. The number of hydrogen-bond acceptors (Lipinski definition) is 3.